The molecule has 106 valence electrons. The number of nitrogens with zero attached hydrogens (tertiary/aromatic N) is 3. The highest BCUT2D eigenvalue weighted by Crippen LogP contribution is 2.07. The predicted molar refractivity (Wildman–Crippen MR) is 63.1 cm³/mol. The number of esters is 1. The summed E-state index contributed by atoms with van der Waals surface area (Å²) in [5.41, 5.74) is -0.656. The first-order chi connectivity index (χ1) is 8.81. The highest BCUT2D eigenvalue weighted by atomic mass is 16.6. The molecule has 9 heteroatoms. The van der Waals surface area contributed by atoms with Crippen LogP contribution in [0.1, 0.15) is 26.6 Å². The minimum atomic E-state index is -0.933. The van der Waals surface area contributed by atoms with Crippen molar-refractivity contribution in [3.63, 3.8) is 0 Å². The van der Waals surface area contributed by atoms with E-state index >= 15 is 0 Å². The van der Waals surface area contributed by atoms with Crippen LogP contribution in [0, 0.1) is 0 Å². The molecule has 0 aromatic carbocycles. The summed E-state index contributed by atoms with van der Waals surface area (Å²) in [7, 11) is 1.22. The number of carbonyl (C=O) groups excluding carboxylic acids is 2. The van der Waals surface area contributed by atoms with Gasteiger partial charge in [0.1, 0.15) is 11.6 Å². The Morgan fingerprint density at radius 1 is 1.42 bits per heavy atom. The number of hydrogen-bond acceptors (Lipinski definition) is 7. The topological polar surface area (TPSA) is 119 Å². The molecule has 0 fully saturated rings. The Labute approximate surface area is 110 Å². The maximum Gasteiger partial charge on any atom is 0.408 e. The maximum atomic E-state index is 11.6. The van der Waals surface area contributed by atoms with Crippen LogP contribution in [-0.2, 0) is 20.7 Å². The van der Waals surface area contributed by atoms with Crippen LogP contribution in [0.4, 0.5) is 4.79 Å². The lowest BCUT2D eigenvalue weighted by Crippen LogP contribution is -2.45. The summed E-state index contributed by atoms with van der Waals surface area (Å²) in [5.74, 6) is -0.331. The molecule has 0 aliphatic rings. The molecule has 1 amide bonds. The van der Waals surface area contributed by atoms with E-state index in [0.29, 0.717) is 0 Å². The number of H-pyrrole nitrogens is 1. The van der Waals surface area contributed by atoms with E-state index in [4.69, 9.17) is 4.74 Å². The number of aromatic nitrogens is 4. The van der Waals surface area contributed by atoms with Gasteiger partial charge in [-0.15, -0.1) is 10.2 Å². The number of alkyl carbamates (subject to hydrolysis) is 1. The van der Waals surface area contributed by atoms with Gasteiger partial charge in [-0.3, -0.25) is 0 Å². The minimum absolute atomic E-state index is 0.0580. The number of carbonyl (C=O) groups is 2. The third-order valence-electron chi connectivity index (χ3n) is 1.95. The zero-order valence-electron chi connectivity index (χ0n) is 11.3. The summed E-state index contributed by atoms with van der Waals surface area (Å²) < 4.78 is 9.66. The van der Waals surface area contributed by atoms with Crippen LogP contribution in [0.5, 0.6) is 0 Å². The fourth-order valence-electron chi connectivity index (χ4n) is 1.24. The Hall–Kier alpha value is -2.19. The first-order valence-corrected chi connectivity index (χ1v) is 5.61. The number of methoxy groups -OCH3 is 1. The molecule has 0 spiro atoms. The molecule has 1 rings (SSSR count). The van der Waals surface area contributed by atoms with Crippen molar-refractivity contribution in [1.29, 1.82) is 0 Å². The molecule has 0 aliphatic heterocycles. The molecule has 1 unspecified atom stereocenters. The van der Waals surface area contributed by atoms with Gasteiger partial charge in [0.15, 0.2) is 5.82 Å². The summed E-state index contributed by atoms with van der Waals surface area (Å²) in [4.78, 5) is 23.2. The van der Waals surface area contributed by atoms with Gasteiger partial charge in [-0.05, 0) is 20.8 Å². The van der Waals surface area contributed by atoms with E-state index < -0.39 is 23.7 Å². The van der Waals surface area contributed by atoms with E-state index in [1.54, 1.807) is 20.8 Å². The Balaban J connectivity index is 2.65. The number of ether oxygens (including phenoxy) is 2. The molecule has 1 aromatic heterocycles. The number of tetrazole rings is 1. The van der Waals surface area contributed by atoms with Crippen molar-refractivity contribution in [3.8, 4) is 0 Å². The Bertz CT molecular complexity index is 426. The Kier molecular flexibility index (Phi) is 4.79. The molecule has 0 saturated carbocycles. The molecule has 0 bridgehead atoms. The van der Waals surface area contributed by atoms with Crippen molar-refractivity contribution in [3.05, 3.63) is 5.82 Å². The van der Waals surface area contributed by atoms with Gasteiger partial charge < -0.3 is 14.8 Å². The number of hydrogen-bond donors (Lipinski definition) is 2. The molecule has 19 heavy (non-hydrogen) atoms. The van der Waals surface area contributed by atoms with Gasteiger partial charge in [-0.1, -0.05) is 5.21 Å². The maximum absolute atomic E-state index is 11.6. The van der Waals surface area contributed by atoms with Gasteiger partial charge >= 0.3 is 12.1 Å². The number of amides is 1. The third kappa shape index (κ3) is 5.32. The Morgan fingerprint density at radius 3 is 2.58 bits per heavy atom. The fraction of sp³-hybridized carbons (Fsp3) is 0.700. The van der Waals surface area contributed by atoms with Gasteiger partial charge in [-0.2, -0.15) is 5.21 Å². The van der Waals surface area contributed by atoms with E-state index in [0.717, 1.165) is 0 Å². The summed E-state index contributed by atoms with van der Waals surface area (Å²) in [5, 5.41) is 15.4. The van der Waals surface area contributed by atoms with E-state index in [-0.39, 0.29) is 12.2 Å². The summed E-state index contributed by atoms with van der Waals surface area (Å²) in [6.45, 7) is 5.16. The molecule has 0 aliphatic carbocycles. The molecular formula is C10H17N5O4. The van der Waals surface area contributed by atoms with Crippen molar-refractivity contribution >= 4 is 12.1 Å². The monoisotopic (exact) mass is 271 g/mol. The van der Waals surface area contributed by atoms with Crippen molar-refractivity contribution < 1.29 is 19.1 Å². The van der Waals surface area contributed by atoms with Gasteiger partial charge in [0.25, 0.3) is 0 Å². The first-order valence-electron chi connectivity index (χ1n) is 5.61. The second-order valence-corrected chi connectivity index (χ2v) is 4.75. The SMILES string of the molecule is COC(=O)C(Cc1nn[nH]n1)NC(=O)OC(C)(C)C. The lowest BCUT2D eigenvalue weighted by Gasteiger charge is -2.22. The van der Waals surface area contributed by atoms with Crippen LogP contribution in [-0.4, -0.2) is 51.4 Å². The predicted octanol–water partition coefficient (Wildman–Crippen LogP) is -0.192. The molecular weight excluding hydrogens is 254 g/mol. The van der Waals surface area contributed by atoms with Crippen LogP contribution >= 0.6 is 0 Å². The highest BCUT2D eigenvalue weighted by molar-refractivity contribution is 5.81. The van der Waals surface area contributed by atoms with E-state index in [1.807, 2.05) is 0 Å². The Morgan fingerprint density at radius 2 is 2.11 bits per heavy atom. The zero-order chi connectivity index (χ0) is 14.5. The fourth-order valence-corrected chi connectivity index (χ4v) is 1.24. The number of aromatic amines is 1. The molecule has 0 saturated heterocycles. The summed E-state index contributed by atoms with van der Waals surface area (Å²) in [6, 6.07) is -0.933. The van der Waals surface area contributed by atoms with Crippen molar-refractivity contribution in [2.45, 2.75) is 38.8 Å². The second-order valence-electron chi connectivity index (χ2n) is 4.75. The minimum Gasteiger partial charge on any atom is -0.467 e. The zero-order valence-corrected chi connectivity index (χ0v) is 11.3. The van der Waals surface area contributed by atoms with Crippen LogP contribution < -0.4 is 5.32 Å². The van der Waals surface area contributed by atoms with E-state index in [9.17, 15) is 9.59 Å². The molecule has 1 heterocycles. The van der Waals surface area contributed by atoms with Crippen LogP contribution in [0.25, 0.3) is 0 Å². The first kappa shape index (κ1) is 14.9. The van der Waals surface area contributed by atoms with Gasteiger partial charge in [0, 0.05) is 6.42 Å². The van der Waals surface area contributed by atoms with Crippen LogP contribution in [0.15, 0.2) is 0 Å². The third-order valence-corrected chi connectivity index (χ3v) is 1.95. The number of nitrogens with one attached hydrogen (secondary N) is 2. The highest BCUT2D eigenvalue weighted by Gasteiger charge is 2.26. The molecule has 9 nitrogen and oxygen atoms in total. The van der Waals surface area contributed by atoms with E-state index in [1.165, 1.54) is 7.11 Å². The average Bonchev–Trinajstić information content (AvgIpc) is 2.77. The van der Waals surface area contributed by atoms with Crippen molar-refractivity contribution in [2.24, 2.45) is 0 Å². The van der Waals surface area contributed by atoms with Gasteiger partial charge in [0.05, 0.1) is 7.11 Å². The lowest BCUT2D eigenvalue weighted by molar-refractivity contribution is -0.143. The standard InChI is InChI=1S/C10H17N5O4/c1-10(2,3)19-9(17)11-6(8(16)18-4)5-7-12-14-15-13-7/h6H,5H2,1-4H3,(H,11,17)(H,12,13,14,15). The summed E-state index contributed by atoms with van der Waals surface area (Å²) in [6.07, 6.45) is -0.658. The number of rotatable bonds is 4. The molecule has 1 atom stereocenters. The van der Waals surface area contributed by atoms with Gasteiger partial charge in [0.2, 0.25) is 0 Å². The quantitative estimate of drug-likeness (QED) is 0.728. The van der Waals surface area contributed by atoms with Crippen LogP contribution in [0.2, 0.25) is 0 Å². The second kappa shape index (κ2) is 6.12. The van der Waals surface area contributed by atoms with Gasteiger partial charge in [-0.25, -0.2) is 9.59 Å². The molecule has 0 radical (unpaired) electrons. The van der Waals surface area contributed by atoms with Crippen LogP contribution in [0.3, 0.4) is 0 Å². The molecule has 2 N–H and O–H groups in total. The lowest BCUT2D eigenvalue weighted by atomic mass is 10.2. The smallest absolute Gasteiger partial charge is 0.408 e. The average molecular weight is 271 g/mol. The molecule has 1 aromatic rings. The largest absolute Gasteiger partial charge is 0.467 e. The van der Waals surface area contributed by atoms with Crippen molar-refractivity contribution in [1.82, 2.24) is 25.9 Å². The van der Waals surface area contributed by atoms with E-state index in [2.05, 4.69) is 30.7 Å². The normalized spacial score (nSPS) is 12.6. The summed E-state index contributed by atoms with van der Waals surface area (Å²) >= 11 is 0. The van der Waals surface area contributed by atoms with Crippen molar-refractivity contribution in [2.75, 3.05) is 7.11 Å².